The third-order valence-corrected chi connectivity index (χ3v) is 3.81. The maximum Gasteiger partial charge on any atom is 0.133 e. The van der Waals surface area contributed by atoms with Crippen LogP contribution in [0.3, 0.4) is 0 Å². The molecule has 2 rings (SSSR count). The lowest BCUT2D eigenvalue weighted by Crippen LogP contribution is -2.07. The molecule has 0 aliphatic carbocycles. The molecule has 0 aliphatic heterocycles. The Morgan fingerprint density at radius 3 is 2.53 bits per heavy atom. The standard InChI is InChI=1S/C15H19N3S/c1-4-10-16-14-11(2)15(18-12(3)17-14)19-13-8-6-5-7-9-13/h5-9H,4,10H2,1-3H3,(H,16,17,18). The Labute approximate surface area is 118 Å². The fourth-order valence-electron chi connectivity index (χ4n) is 1.72. The molecule has 1 aromatic carbocycles. The van der Waals surface area contributed by atoms with E-state index in [2.05, 4.69) is 41.3 Å². The van der Waals surface area contributed by atoms with Gasteiger partial charge in [0.05, 0.1) is 0 Å². The quantitative estimate of drug-likeness (QED) is 0.833. The number of benzene rings is 1. The molecule has 0 amide bonds. The lowest BCUT2D eigenvalue weighted by atomic mass is 10.3. The lowest BCUT2D eigenvalue weighted by Gasteiger charge is -2.12. The minimum atomic E-state index is 0.808. The fraction of sp³-hybridized carbons (Fsp3) is 0.333. The number of hydrogen-bond donors (Lipinski definition) is 1. The maximum absolute atomic E-state index is 4.55. The van der Waals surface area contributed by atoms with Gasteiger partial charge in [0.15, 0.2) is 0 Å². The van der Waals surface area contributed by atoms with E-state index >= 15 is 0 Å². The predicted molar refractivity (Wildman–Crippen MR) is 80.9 cm³/mol. The van der Waals surface area contributed by atoms with E-state index in [1.165, 1.54) is 4.90 Å². The van der Waals surface area contributed by atoms with E-state index in [4.69, 9.17) is 0 Å². The molecule has 3 nitrogen and oxygen atoms in total. The van der Waals surface area contributed by atoms with Crippen LogP contribution < -0.4 is 5.32 Å². The maximum atomic E-state index is 4.55. The summed E-state index contributed by atoms with van der Waals surface area (Å²) >= 11 is 1.68. The average molecular weight is 273 g/mol. The van der Waals surface area contributed by atoms with Crippen LogP contribution in [-0.2, 0) is 0 Å². The molecule has 0 fully saturated rings. The zero-order valence-electron chi connectivity index (χ0n) is 11.6. The number of nitrogens with one attached hydrogen (secondary N) is 1. The Morgan fingerprint density at radius 1 is 1.11 bits per heavy atom. The second-order valence-corrected chi connectivity index (χ2v) is 5.45. The van der Waals surface area contributed by atoms with Crippen molar-refractivity contribution in [2.75, 3.05) is 11.9 Å². The number of rotatable bonds is 5. The van der Waals surface area contributed by atoms with E-state index in [1.54, 1.807) is 11.8 Å². The summed E-state index contributed by atoms with van der Waals surface area (Å²) in [5.74, 6) is 1.76. The van der Waals surface area contributed by atoms with Crippen molar-refractivity contribution in [3.05, 3.63) is 41.7 Å². The van der Waals surface area contributed by atoms with E-state index in [0.717, 1.165) is 35.2 Å². The van der Waals surface area contributed by atoms with Crippen molar-refractivity contribution in [3.8, 4) is 0 Å². The Hall–Kier alpha value is -1.55. The third kappa shape index (κ3) is 3.70. The summed E-state index contributed by atoms with van der Waals surface area (Å²) in [6, 6.07) is 10.3. The van der Waals surface area contributed by atoms with Crippen LogP contribution in [0.5, 0.6) is 0 Å². The SMILES string of the molecule is CCCNc1nc(C)nc(Sc2ccccc2)c1C. The van der Waals surface area contributed by atoms with Crippen molar-refractivity contribution in [1.82, 2.24) is 9.97 Å². The molecule has 0 atom stereocenters. The summed E-state index contributed by atoms with van der Waals surface area (Å²) in [4.78, 5) is 10.2. The molecule has 0 saturated carbocycles. The molecule has 4 heteroatoms. The van der Waals surface area contributed by atoms with Crippen molar-refractivity contribution < 1.29 is 0 Å². The Balaban J connectivity index is 2.27. The van der Waals surface area contributed by atoms with E-state index in [0.29, 0.717) is 0 Å². The zero-order chi connectivity index (χ0) is 13.7. The van der Waals surface area contributed by atoms with Gasteiger partial charge in [-0.2, -0.15) is 0 Å². The van der Waals surface area contributed by atoms with Gasteiger partial charge in [-0.3, -0.25) is 0 Å². The van der Waals surface area contributed by atoms with Crippen molar-refractivity contribution in [3.63, 3.8) is 0 Å². The summed E-state index contributed by atoms with van der Waals surface area (Å²) in [7, 11) is 0. The van der Waals surface area contributed by atoms with Crippen LogP contribution in [0.15, 0.2) is 40.3 Å². The predicted octanol–water partition coefficient (Wildman–Crippen LogP) is 4.07. The summed E-state index contributed by atoms with van der Waals surface area (Å²) in [5, 5.41) is 4.39. The summed E-state index contributed by atoms with van der Waals surface area (Å²) in [6.07, 6.45) is 1.09. The van der Waals surface area contributed by atoms with E-state index < -0.39 is 0 Å². The van der Waals surface area contributed by atoms with Crippen LogP contribution in [0.25, 0.3) is 0 Å². The van der Waals surface area contributed by atoms with Crippen LogP contribution in [-0.4, -0.2) is 16.5 Å². The van der Waals surface area contributed by atoms with Crippen LogP contribution in [0.4, 0.5) is 5.82 Å². The van der Waals surface area contributed by atoms with Crippen LogP contribution in [0, 0.1) is 13.8 Å². The van der Waals surface area contributed by atoms with Gasteiger partial charge < -0.3 is 5.32 Å². The lowest BCUT2D eigenvalue weighted by molar-refractivity contribution is 0.908. The number of anilines is 1. The highest BCUT2D eigenvalue weighted by Gasteiger charge is 2.10. The van der Waals surface area contributed by atoms with Gasteiger partial charge >= 0.3 is 0 Å². The van der Waals surface area contributed by atoms with Gasteiger partial charge in [-0.05, 0) is 32.4 Å². The van der Waals surface area contributed by atoms with Gasteiger partial charge in [0.2, 0.25) is 0 Å². The molecule has 1 N–H and O–H groups in total. The van der Waals surface area contributed by atoms with Gasteiger partial charge in [-0.1, -0.05) is 36.9 Å². The molecule has 0 spiro atoms. The van der Waals surface area contributed by atoms with Gasteiger partial charge in [-0.15, -0.1) is 0 Å². The van der Waals surface area contributed by atoms with Crippen LogP contribution >= 0.6 is 11.8 Å². The van der Waals surface area contributed by atoms with Crippen molar-refractivity contribution >= 4 is 17.6 Å². The smallest absolute Gasteiger partial charge is 0.133 e. The molecule has 19 heavy (non-hydrogen) atoms. The first kappa shape index (κ1) is 13.9. The molecule has 0 unspecified atom stereocenters. The Bertz CT molecular complexity index is 541. The summed E-state index contributed by atoms with van der Waals surface area (Å²) < 4.78 is 0. The van der Waals surface area contributed by atoms with Gasteiger partial charge in [0.25, 0.3) is 0 Å². The number of aryl methyl sites for hydroxylation is 1. The van der Waals surface area contributed by atoms with Gasteiger partial charge in [-0.25, -0.2) is 9.97 Å². The topological polar surface area (TPSA) is 37.8 Å². The zero-order valence-corrected chi connectivity index (χ0v) is 12.4. The third-order valence-electron chi connectivity index (χ3n) is 2.71. The normalized spacial score (nSPS) is 10.5. The first-order chi connectivity index (χ1) is 9.20. The molecule has 0 saturated heterocycles. The fourth-order valence-corrected chi connectivity index (χ4v) is 2.66. The minimum absolute atomic E-state index is 0.808. The molecular formula is C15H19N3S. The monoisotopic (exact) mass is 273 g/mol. The minimum Gasteiger partial charge on any atom is -0.370 e. The molecule has 0 aliphatic rings. The van der Waals surface area contributed by atoms with E-state index in [9.17, 15) is 0 Å². The second-order valence-electron chi connectivity index (χ2n) is 4.39. The molecular weight excluding hydrogens is 254 g/mol. The number of nitrogens with zero attached hydrogens (tertiary/aromatic N) is 2. The largest absolute Gasteiger partial charge is 0.370 e. The average Bonchev–Trinajstić information content (AvgIpc) is 2.42. The van der Waals surface area contributed by atoms with Gasteiger partial charge in [0, 0.05) is 17.0 Å². The molecule has 0 bridgehead atoms. The molecule has 1 aromatic heterocycles. The van der Waals surface area contributed by atoms with E-state index in [-0.39, 0.29) is 0 Å². The highest BCUT2D eigenvalue weighted by Crippen LogP contribution is 2.30. The first-order valence-corrected chi connectivity index (χ1v) is 7.34. The van der Waals surface area contributed by atoms with Crippen LogP contribution in [0.2, 0.25) is 0 Å². The molecule has 2 aromatic rings. The number of aromatic nitrogens is 2. The van der Waals surface area contributed by atoms with Gasteiger partial charge in [0.1, 0.15) is 16.7 Å². The van der Waals surface area contributed by atoms with Crippen molar-refractivity contribution in [2.24, 2.45) is 0 Å². The number of hydrogen-bond acceptors (Lipinski definition) is 4. The highest BCUT2D eigenvalue weighted by molar-refractivity contribution is 7.99. The second kappa shape index (κ2) is 6.57. The van der Waals surface area contributed by atoms with E-state index in [1.807, 2.05) is 25.1 Å². The molecule has 1 heterocycles. The Kier molecular flexibility index (Phi) is 4.80. The first-order valence-electron chi connectivity index (χ1n) is 6.52. The van der Waals surface area contributed by atoms with Crippen molar-refractivity contribution in [1.29, 1.82) is 0 Å². The van der Waals surface area contributed by atoms with Crippen molar-refractivity contribution in [2.45, 2.75) is 37.1 Å². The molecule has 0 radical (unpaired) electrons. The molecule has 100 valence electrons. The van der Waals surface area contributed by atoms with Crippen LogP contribution in [0.1, 0.15) is 24.7 Å². The summed E-state index contributed by atoms with van der Waals surface area (Å²) in [6.45, 7) is 7.09. The summed E-state index contributed by atoms with van der Waals surface area (Å²) in [5.41, 5.74) is 1.12. The Morgan fingerprint density at radius 2 is 1.84 bits per heavy atom. The highest BCUT2D eigenvalue weighted by atomic mass is 32.2.